The molecule has 0 spiro atoms. The van der Waals surface area contributed by atoms with Gasteiger partial charge in [0.25, 0.3) is 5.91 Å². The number of benzene rings is 2. The molecule has 0 radical (unpaired) electrons. The van der Waals surface area contributed by atoms with Crippen molar-refractivity contribution in [3.63, 3.8) is 0 Å². The molecule has 0 heterocycles. The Morgan fingerprint density at radius 1 is 1.16 bits per heavy atom. The van der Waals surface area contributed by atoms with E-state index < -0.39 is 17.8 Å². The molecule has 0 bridgehead atoms. The van der Waals surface area contributed by atoms with E-state index in [4.69, 9.17) is 4.74 Å². The number of hydrogen-bond acceptors (Lipinski definition) is 3. The molecule has 1 atom stereocenters. The minimum absolute atomic E-state index is 0.0184. The van der Waals surface area contributed by atoms with Gasteiger partial charge in [0.2, 0.25) is 0 Å². The lowest BCUT2D eigenvalue weighted by Gasteiger charge is -2.14. The van der Waals surface area contributed by atoms with Crippen LogP contribution < -0.4 is 20.3 Å². The van der Waals surface area contributed by atoms with Gasteiger partial charge in [0.05, 0.1) is 19.8 Å². The number of carbonyl (C=O) groups excluding carboxylic acids is 2. The summed E-state index contributed by atoms with van der Waals surface area (Å²) in [6.45, 7) is 0.696. The summed E-state index contributed by atoms with van der Waals surface area (Å²) < 4.78 is 18.6. The van der Waals surface area contributed by atoms with Crippen LogP contribution in [0.1, 0.15) is 5.56 Å². The van der Waals surface area contributed by atoms with Crippen LogP contribution >= 0.6 is 0 Å². The number of amides is 3. The van der Waals surface area contributed by atoms with Crippen LogP contribution in [-0.2, 0) is 11.3 Å². The van der Waals surface area contributed by atoms with E-state index >= 15 is 0 Å². The largest absolute Gasteiger partial charge is 0.497 e. The number of para-hydroxylation sites is 1. The standard InChI is InChI=1S/C18H20FN3O3/c1-22(11-13-6-5-7-14(10-13)25-2)12-17(23)21-18(24)20-16-9-4-3-8-15(16)19/h3-10H,11-12H2,1-2H3,(H2,20,21,23,24)/p+1. The number of halogens is 1. The molecule has 132 valence electrons. The lowest BCUT2D eigenvalue weighted by atomic mass is 10.2. The average Bonchev–Trinajstić information content (AvgIpc) is 2.56. The number of nitrogens with one attached hydrogen (secondary N) is 3. The van der Waals surface area contributed by atoms with Crippen LogP contribution in [0.4, 0.5) is 14.9 Å². The second-order valence-corrected chi connectivity index (χ2v) is 5.64. The Morgan fingerprint density at radius 3 is 2.64 bits per heavy atom. The van der Waals surface area contributed by atoms with Crippen molar-refractivity contribution >= 4 is 17.6 Å². The molecule has 0 saturated heterocycles. The second kappa shape index (κ2) is 8.79. The molecule has 3 N–H and O–H groups in total. The fourth-order valence-electron chi connectivity index (χ4n) is 2.35. The van der Waals surface area contributed by atoms with Crippen molar-refractivity contribution in [3.8, 4) is 5.75 Å². The zero-order valence-electron chi connectivity index (χ0n) is 14.1. The van der Waals surface area contributed by atoms with Crippen molar-refractivity contribution in [2.75, 3.05) is 26.0 Å². The quantitative estimate of drug-likeness (QED) is 0.736. The minimum Gasteiger partial charge on any atom is -0.497 e. The monoisotopic (exact) mass is 346 g/mol. The molecule has 0 aliphatic rings. The fraction of sp³-hybridized carbons (Fsp3) is 0.222. The molecule has 0 saturated carbocycles. The van der Waals surface area contributed by atoms with Crippen molar-refractivity contribution in [3.05, 3.63) is 59.9 Å². The van der Waals surface area contributed by atoms with Crippen molar-refractivity contribution in [1.82, 2.24) is 5.32 Å². The third kappa shape index (κ3) is 5.89. The zero-order valence-corrected chi connectivity index (χ0v) is 14.1. The first kappa shape index (κ1) is 18.4. The highest BCUT2D eigenvalue weighted by molar-refractivity contribution is 6.01. The smallest absolute Gasteiger partial charge is 0.326 e. The van der Waals surface area contributed by atoms with E-state index in [1.165, 1.54) is 18.2 Å². The van der Waals surface area contributed by atoms with Crippen LogP contribution in [0.25, 0.3) is 0 Å². The SMILES string of the molecule is COc1cccc(C[NH+](C)CC(=O)NC(=O)Nc2ccccc2F)c1. The first-order valence-electron chi connectivity index (χ1n) is 7.77. The van der Waals surface area contributed by atoms with E-state index in [2.05, 4.69) is 10.6 Å². The maximum atomic E-state index is 13.5. The number of imide groups is 1. The number of ether oxygens (including phenoxy) is 1. The highest BCUT2D eigenvalue weighted by Gasteiger charge is 2.14. The van der Waals surface area contributed by atoms with Gasteiger partial charge in [-0.3, -0.25) is 10.1 Å². The molecular formula is C18H21FN3O3+. The summed E-state index contributed by atoms with van der Waals surface area (Å²) in [6, 6.07) is 12.5. The highest BCUT2D eigenvalue weighted by atomic mass is 19.1. The van der Waals surface area contributed by atoms with E-state index in [0.29, 0.717) is 6.54 Å². The first-order chi connectivity index (χ1) is 12.0. The predicted molar refractivity (Wildman–Crippen MR) is 92.0 cm³/mol. The predicted octanol–water partition coefficient (Wildman–Crippen LogP) is 1.20. The van der Waals surface area contributed by atoms with Crippen LogP contribution in [0, 0.1) is 5.82 Å². The van der Waals surface area contributed by atoms with E-state index in [1.807, 2.05) is 31.3 Å². The molecule has 7 heteroatoms. The summed E-state index contributed by atoms with van der Waals surface area (Å²) in [5.74, 6) is -0.265. The maximum absolute atomic E-state index is 13.5. The number of rotatable bonds is 6. The average molecular weight is 346 g/mol. The topological polar surface area (TPSA) is 71.9 Å². The summed E-state index contributed by atoms with van der Waals surface area (Å²) in [5.41, 5.74) is 1.03. The Labute approximate surface area is 145 Å². The van der Waals surface area contributed by atoms with Gasteiger partial charge in [0.1, 0.15) is 18.1 Å². The lowest BCUT2D eigenvalue weighted by molar-refractivity contribution is -0.885. The van der Waals surface area contributed by atoms with E-state index in [9.17, 15) is 14.0 Å². The van der Waals surface area contributed by atoms with Gasteiger partial charge in [-0.25, -0.2) is 9.18 Å². The Morgan fingerprint density at radius 2 is 1.92 bits per heavy atom. The van der Waals surface area contributed by atoms with Gasteiger partial charge in [0, 0.05) is 5.56 Å². The molecule has 2 rings (SSSR count). The van der Waals surface area contributed by atoms with Crippen LogP contribution in [0.5, 0.6) is 5.75 Å². The van der Waals surface area contributed by atoms with Crippen LogP contribution in [0.2, 0.25) is 0 Å². The Balaban J connectivity index is 1.82. The Kier molecular flexibility index (Phi) is 6.47. The number of quaternary nitrogens is 1. The molecule has 2 aromatic rings. The molecule has 0 aliphatic heterocycles. The van der Waals surface area contributed by atoms with Crippen molar-refractivity contribution < 1.29 is 23.6 Å². The van der Waals surface area contributed by atoms with E-state index in [0.717, 1.165) is 16.2 Å². The van der Waals surface area contributed by atoms with E-state index in [1.54, 1.807) is 13.2 Å². The van der Waals surface area contributed by atoms with Crippen molar-refractivity contribution in [1.29, 1.82) is 0 Å². The van der Waals surface area contributed by atoms with Gasteiger partial charge in [-0.05, 0) is 24.3 Å². The van der Waals surface area contributed by atoms with E-state index in [-0.39, 0.29) is 12.2 Å². The van der Waals surface area contributed by atoms with Crippen LogP contribution in [0.3, 0.4) is 0 Å². The van der Waals surface area contributed by atoms with Gasteiger partial charge in [-0.2, -0.15) is 0 Å². The normalized spacial score (nSPS) is 11.5. The molecule has 3 amide bonds. The Bertz CT molecular complexity index is 752. The Hall–Kier alpha value is -2.93. The van der Waals surface area contributed by atoms with Crippen LogP contribution in [-0.4, -0.2) is 32.6 Å². The second-order valence-electron chi connectivity index (χ2n) is 5.64. The third-order valence-electron chi connectivity index (χ3n) is 3.48. The number of urea groups is 1. The molecule has 0 fully saturated rings. The molecular weight excluding hydrogens is 325 g/mol. The molecule has 0 aliphatic carbocycles. The molecule has 1 unspecified atom stereocenters. The molecule has 25 heavy (non-hydrogen) atoms. The van der Waals surface area contributed by atoms with Crippen LogP contribution in [0.15, 0.2) is 48.5 Å². The van der Waals surface area contributed by atoms with Gasteiger partial charge >= 0.3 is 6.03 Å². The minimum atomic E-state index is -0.760. The lowest BCUT2D eigenvalue weighted by Crippen LogP contribution is -3.09. The number of likely N-dealkylation sites (N-methyl/N-ethyl adjacent to an activating group) is 1. The summed E-state index contributed by atoms with van der Waals surface area (Å²) in [4.78, 5) is 24.6. The molecule has 0 aromatic heterocycles. The van der Waals surface area contributed by atoms with Gasteiger partial charge in [-0.15, -0.1) is 0 Å². The summed E-state index contributed by atoms with van der Waals surface area (Å²) in [7, 11) is 3.44. The van der Waals surface area contributed by atoms with Crippen molar-refractivity contribution in [2.24, 2.45) is 0 Å². The number of anilines is 1. The molecule has 2 aromatic carbocycles. The third-order valence-corrected chi connectivity index (χ3v) is 3.48. The highest BCUT2D eigenvalue weighted by Crippen LogP contribution is 2.12. The first-order valence-corrected chi connectivity index (χ1v) is 7.77. The number of methoxy groups -OCH3 is 1. The summed E-state index contributed by atoms with van der Waals surface area (Å²) in [6.07, 6.45) is 0. The zero-order chi connectivity index (χ0) is 18.2. The van der Waals surface area contributed by atoms with Crippen molar-refractivity contribution in [2.45, 2.75) is 6.54 Å². The fourth-order valence-corrected chi connectivity index (χ4v) is 2.35. The van der Waals surface area contributed by atoms with Gasteiger partial charge in [0.15, 0.2) is 6.54 Å². The van der Waals surface area contributed by atoms with Gasteiger partial charge in [-0.1, -0.05) is 24.3 Å². The molecule has 6 nitrogen and oxygen atoms in total. The number of hydrogen-bond donors (Lipinski definition) is 3. The number of carbonyl (C=O) groups is 2. The summed E-state index contributed by atoms with van der Waals surface area (Å²) >= 11 is 0. The van der Waals surface area contributed by atoms with Gasteiger partial charge < -0.3 is 15.0 Å². The summed E-state index contributed by atoms with van der Waals surface area (Å²) in [5, 5.41) is 4.50. The maximum Gasteiger partial charge on any atom is 0.326 e.